The molecular formula is C14H23N3O2. The molecule has 1 aromatic rings. The Kier molecular flexibility index (Phi) is 4.99. The third-order valence-corrected chi connectivity index (χ3v) is 3.62. The molecule has 0 saturated carbocycles. The predicted molar refractivity (Wildman–Crippen MR) is 73.7 cm³/mol. The topological polar surface area (TPSA) is 48.7 Å². The van der Waals surface area contributed by atoms with Gasteiger partial charge in [-0.15, -0.1) is 0 Å². The lowest BCUT2D eigenvalue weighted by Gasteiger charge is -2.21. The van der Waals surface area contributed by atoms with Gasteiger partial charge in [-0.2, -0.15) is 0 Å². The molecule has 1 aliphatic rings. The largest absolute Gasteiger partial charge is 0.467 e. The molecule has 0 aliphatic carbocycles. The minimum atomic E-state index is 0.154. The SMILES string of the molecule is CNCC1CCN(CC(=O)N(C)Cc2ccco2)C1. The predicted octanol–water partition coefficient (Wildman–Crippen LogP) is 0.779. The Morgan fingerprint density at radius 3 is 3.16 bits per heavy atom. The Hall–Kier alpha value is -1.33. The minimum absolute atomic E-state index is 0.154. The standard InChI is InChI=1S/C14H23N3O2/c1-15-8-12-5-6-17(9-12)11-14(18)16(2)10-13-4-3-7-19-13/h3-4,7,12,15H,5-6,8-11H2,1-2H3. The number of likely N-dealkylation sites (tertiary alicyclic amines) is 1. The Morgan fingerprint density at radius 2 is 2.47 bits per heavy atom. The molecule has 5 nitrogen and oxygen atoms in total. The molecule has 0 bridgehead atoms. The van der Waals surface area contributed by atoms with Crippen molar-refractivity contribution in [2.45, 2.75) is 13.0 Å². The third kappa shape index (κ3) is 4.08. The highest BCUT2D eigenvalue weighted by Crippen LogP contribution is 2.15. The number of nitrogens with zero attached hydrogens (tertiary/aromatic N) is 2. The molecule has 5 heteroatoms. The van der Waals surface area contributed by atoms with Crippen LogP contribution in [0.5, 0.6) is 0 Å². The average Bonchev–Trinajstić information content (AvgIpc) is 3.02. The summed E-state index contributed by atoms with van der Waals surface area (Å²) in [4.78, 5) is 16.1. The van der Waals surface area contributed by atoms with E-state index in [1.54, 1.807) is 11.2 Å². The highest BCUT2D eigenvalue weighted by molar-refractivity contribution is 5.77. The van der Waals surface area contributed by atoms with Crippen LogP contribution in [0.2, 0.25) is 0 Å². The fourth-order valence-electron chi connectivity index (χ4n) is 2.55. The number of hydrogen-bond acceptors (Lipinski definition) is 4. The van der Waals surface area contributed by atoms with Crippen LogP contribution in [0, 0.1) is 5.92 Å². The molecule has 1 unspecified atom stereocenters. The van der Waals surface area contributed by atoms with E-state index in [9.17, 15) is 4.79 Å². The van der Waals surface area contributed by atoms with Gasteiger partial charge >= 0.3 is 0 Å². The van der Waals surface area contributed by atoms with E-state index in [1.807, 2.05) is 26.2 Å². The molecule has 2 rings (SSSR count). The zero-order valence-corrected chi connectivity index (χ0v) is 11.8. The molecule has 1 atom stereocenters. The Morgan fingerprint density at radius 1 is 1.63 bits per heavy atom. The first-order valence-electron chi connectivity index (χ1n) is 6.82. The van der Waals surface area contributed by atoms with E-state index in [1.165, 1.54) is 6.42 Å². The van der Waals surface area contributed by atoms with Crippen molar-refractivity contribution in [3.05, 3.63) is 24.2 Å². The fourth-order valence-corrected chi connectivity index (χ4v) is 2.55. The summed E-state index contributed by atoms with van der Waals surface area (Å²) in [5.41, 5.74) is 0. The molecule has 1 N–H and O–H groups in total. The van der Waals surface area contributed by atoms with Crippen LogP contribution >= 0.6 is 0 Å². The van der Waals surface area contributed by atoms with E-state index in [4.69, 9.17) is 4.42 Å². The second kappa shape index (κ2) is 6.73. The van der Waals surface area contributed by atoms with Gasteiger partial charge in [0.2, 0.25) is 5.91 Å². The number of furan rings is 1. The van der Waals surface area contributed by atoms with E-state index in [-0.39, 0.29) is 5.91 Å². The number of carbonyl (C=O) groups is 1. The van der Waals surface area contributed by atoms with Crippen molar-refractivity contribution in [3.8, 4) is 0 Å². The van der Waals surface area contributed by atoms with E-state index in [2.05, 4.69) is 10.2 Å². The maximum Gasteiger partial charge on any atom is 0.236 e. The average molecular weight is 265 g/mol. The summed E-state index contributed by atoms with van der Waals surface area (Å²) in [6.07, 6.45) is 2.81. The molecule has 1 fully saturated rings. The molecule has 1 saturated heterocycles. The highest BCUT2D eigenvalue weighted by atomic mass is 16.3. The number of likely N-dealkylation sites (N-methyl/N-ethyl adjacent to an activating group) is 1. The number of amides is 1. The van der Waals surface area contributed by atoms with Crippen molar-refractivity contribution in [2.24, 2.45) is 5.92 Å². The maximum absolute atomic E-state index is 12.1. The smallest absolute Gasteiger partial charge is 0.236 e. The van der Waals surface area contributed by atoms with Crippen LogP contribution in [0.3, 0.4) is 0 Å². The number of carbonyl (C=O) groups excluding carboxylic acids is 1. The van der Waals surface area contributed by atoms with E-state index in [0.29, 0.717) is 19.0 Å². The molecule has 1 amide bonds. The van der Waals surface area contributed by atoms with E-state index >= 15 is 0 Å². The summed E-state index contributed by atoms with van der Waals surface area (Å²) in [6, 6.07) is 3.74. The second-order valence-corrected chi connectivity index (χ2v) is 5.28. The van der Waals surface area contributed by atoms with Crippen LogP contribution in [0.25, 0.3) is 0 Å². The van der Waals surface area contributed by atoms with Gasteiger partial charge in [0, 0.05) is 13.6 Å². The zero-order valence-electron chi connectivity index (χ0n) is 11.8. The molecular weight excluding hydrogens is 242 g/mol. The van der Waals surface area contributed by atoms with Gasteiger partial charge in [0.15, 0.2) is 0 Å². The molecule has 1 aliphatic heterocycles. The van der Waals surface area contributed by atoms with Crippen LogP contribution in [-0.2, 0) is 11.3 Å². The highest BCUT2D eigenvalue weighted by Gasteiger charge is 2.24. The number of hydrogen-bond donors (Lipinski definition) is 1. The summed E-state index contributed by atoms with van der Waals surface area (Å²) in [7, 11) is 3.80. The van der Waals surface area contributed by atoms with Crippen molar-refractivity contribution >= 4 is 5.91 Å². The van der Waals surface area contributed by atoms with Gasteiger partial charge in [-0.05, 0) is 44.6 Å². The first-order chi connectivity index (χ1) is 9.19. The van der Waals surface area contributed by atoms with Crippen LogP contribution < -0.4 is 5.32 Å². The minimum Gasteiger partial charge on any atom is -0.467 e. The normalized spacial score (nSPS) is 19.8. The van der Waals surface area contributed by atoms with Crippen LogP contribution in [0.15, 0.2) is 22.8 Å². The Labute approximate surface area is 114 Å². The number of rotatable bonds is 6. The summed E-state index contributed by atoms with van der Waals surface area (Å²) in [5, 5.41) is 3.20. The zero-order chi connectivity index (χ0) is 13.7. The van der Waals surface area contributed by atoms with Gasteiger partial charge in [0.1, 0.15) is 5.76 Å². The molecule has 0 radical (unpaired) electrons. The molecule has 0 aromatic carbocycles. The second-order valence-electron chi connectivity index (χ2n) is 5.28. The van der Waals surface area contributed by atoms with Crippen molar-refractivity contribution in [1.29, 1.82) is 0 Å². The van der Waals surface area contributed by atoms with Crippen LogP contribution in [0.1, 0.15) is 12.2 Å². The van der Waals surface area contributed by atoms with Gasteiger partial charge in [-0.25, -0.2) is 0 Å². The van der Waals surface area contributed by atoms with Gasteiger partial charge in [0.25, 0.3) is 0 Å². The van der Waals surface area contributed by atoms with Gasteiger partial charge in [0.05, 0.1) is 19.4 Å². The lowest BCUT2D eigenvalue weighted by atomic mass is 10.1. The lowest BCUT2D eigenvalue weighted by molar-refractivity contribution is -0.131. The first kappa shape index (κ1) is 14.1. The summed E-state index contributed by atoms with van der Waals surface area (Å²) in [5.74, 6) is 1.65. The summed E-state index contributed by atoms with van der Waals surface area (Å²) >= 11 is 0. The fraction of sp³-hybridized carbons (Fsp3) is 0.643. The molecule has 0 spiro atoms. The summed E-state index contributed by atoms with van der Waals surface area (Å²) in [6.45, 7) is 4.12. The maximum atomic E-state index is 12.1. The third-order valence-electron chi connectivity index (χ3n) is 3.62. The summed E-state index contributed by atoms with van der Waals surface area (Å²) < 4.78 is 5.26. The molecule has 19 heavy (non-hydrogen) atoms. The number of nitrogens with one attached hydrogen (secondary N) is 1. The van der Waals surface area contributed by atoms with Crippen molar-refractivity contribution in [2.75, 3.05) is 40.3 Å². The molecule has 106 valence electrons. The van der Waals surface area contributed by atoms with Gasteiger partial charge in [-0.1, -0.05) is 0 Å². The Bertz CT molecular complexity index is 391. The van der Waals surface area contributed by atoms with Crippen LogP contribution in [0.4, 0.5) is 0 Å². The van der Waals surface area contributed by atoms with Gasteiger partial charge < -0.3 is 14.6 Å². The van der Waals surface area contributed by atoms with Crippen LogP contribution in [-0.4, -0.2) is 56.0 Å². The van der Waals surface area contributed by atoms with Crippen molar-refractivity contribution in [1.82, 2.24) is 15.1 Å². The van der Waals surface area contributed by atoms with E-state index < -0.39 is 0 Å². The van der Waals surface area contributed by atoms with Crippen molar-refractivity contribution < 1.29 is 9.21 Å². The lowest BCUT2D eigenvalue weighted by Crippen LogP contribution is -2.37. The quantitative estimate of drug-likeness (QED) is 0.826. The van der Waals surface area contributed by atoms with E-state index in [0.717, 1.165) is 25.4 Å². The monoisotopic (exact) mass is 265 g/mol. The Balaban J connectivity index is 1.75. The molecule has 1 aromatic heterocycles. The first-order valence-corrected chi connectivity index (χ1v) is 6.82. The molecule has 2 heterocycles. The van der Waals surface area contributed by atoms with Gasteiger partial charge in [-0.3, -0.25) is 9.69 Å². The van der Waals surface area contributed by atoms with Crippen molar-refractivity contribution in [3.63, 3.8) is 0 Å².